The van der Waals surface area contributed by atoms with E-state index in [1.165, 1.54) is 0 Å². The minimum atomic E-state index is -0.00752. The van der Waals surface area contributed by atoms with Gasteiger partial charge in [-0.15, -0.1) is 0 Å². The molecule has 2 fully saturated rings. The molecule has 2 saturated heterocycles. The molecule has 0 bridgehead atoms. The lowest BCUT2D eigenvalue weighted by atomic mass is 9.86. The van der Waals surface area contributed by atoms with Crippen LogP contribution in [0.4, 0.5) is 4.79 Å². The van der Waals surface area contributed by atoms with Crippen molar-refractivity contribution in [3.05, 3.63) is 0 Å². The van der Waals surface area contributed by atoms with Crippen LogP contribution in [0.25, 0.3) is 0 Å². The highest BCUT2D eigenvalue weighted by Crippen LogP contribution is 2.39. The number of likely N-dealkylation sites (N-methyl/N-ethyl adjacent to an activating group) is 1. The third-order valence-corrected chi connectivity index (χ3v) is 4.06. The van der Waals surface area contributed by atoms with Gasteiger partial charge < -0.3 is 20.4 Å². The summed E-state index contributed by atoms with van der Waals surface area (Å²) in [6, 6.07) is -0.00752. The molecular weight excluding hydrogens is 232 g/mol. The lowest BCUT2D eigenvalue weighted by molar-refractivity contribution is -0.129. The topological polar surface area (TPSA) is 64.7 Å². The molecule has 2 aliphatic rings. The van der Waals surface area contributed by atoms with E-state index in [4.69, 9.17) is 0 Å². The number of hydrogen-bond donors (Lipinski definition) is 2. The van der Waals surface area contributed by atoms with Crippen molar-refractivity contribution >= 4 is 11.9 Å². The Balaban J connectivity index is 1.92. The van der Waals surface area contributed by atoms with Gasteiger partial charge in [0, 0.05) is 38.6 Å². The first-order valence-electron chi connectivity index (χ1n) is 6.49. The van der Waals surface area contributed by atoms with E-state index in [0.29, 0.717) is 6.54 Å². The normalized spacial score (nSPS) is 27.0. The Morgan fingerprint density at radius 3 is 2.33 bits per heavy atom. The number of carbonyl (C=O) groups is 2. The van der Waals surface area contributed by atoms with Crippen LogP contribution >= 0.6 is 0 Å². The molecule has 1 atom stereocenters. The second-order valence-corrected chi connectivity index (χ2v) is 5.32. The predicted molar refractivity (Wildman–Crippen MR) is 68.2 cm³/mol. The molecular formula is C12H22N4O2. The van der Waals surface area contributed by atoms with Gasteiger partial charge in [0.1, 0.15) is 0 Å². The Labute approximate surface area is 108 Å². The summed E-state index contributed by atoms with van der Waals surface area (Å²) in [4.78, 5) is 27.2. The van der Waals surface area contributed by atoms with Crippen molar-refractivity contribution in [2.75, 3.05) is 46.8 Å². The van der Waals surface area contributed by atoms with E-state index in [1.54, 1.807) is 14.1 Å². The lowest BCUT2D eigenvalue weighted by Crippen LogP contribution is -2.40. The van der Waals surface area contributed by atoms with E-state index in [0.717, 1.165) is 39.0 Å². The zero-order chi connectivity index (χ0) is 13.2. The van der Waals surface area contributed by atoms with E-state index in [2.05, 4.69) is 10.6 Å². The first kappa shape index (κ1) is 13.1. The fourth-order valence-electron chi connectivity index (χ4n) is 3.01. The summed E-state index contributed by atoms with van der Waals surface area (Å²) >= 11 is 0. The van der Waals surface area contributed by atoms with E-state index in [9.17, 15) is 9.59 Å². The van der Waals surface area contributed by atoms with Crippen molar-refractivity contribution in [2.45, 2.75) is 12.8 Å². The smallest absolute Gasteiger partial charge is 0.317 e. The molecule has 6 heteroatoms. The molecule has 0 aromatic carbocycles. The second kappa shape index (κ2) is 5.14. The molecule has 102 valence electrons. The zero-order valence-electron chi connectivity index (χ0n) is 11.2. The largest absolute Gasteiger partial charge is 0.341 e. The molecule has 0 aliphatic carbocycles. The Kier molecular flexibility index (Phi) is 3.75. The molecule has 6 nitrogen and oxygen atoms in total. The fraction of sp³-hybridized carbons (Fsp3) is 0.833. The maximum Gasteiger partial charge on any atom is 0.317 e. The number of urea groups is 1. The van der Waals surface area contributed by atoms with Crippen LogP contribution in [0, 0.1) is 5.41 Å². The second-order valence-electron chi connectivity index (χ2n) is 5.32. The maximum atomic E-state index is 11.8. The van der Waals surface area contributed by atoms with Gasteiger partial charge in [0.05, 0.1) is 6.54 Å². The highest BCUT2D eigenvalue weighted by Gasteiger charge is 2.45. The first-order chi connectivity index (χ1) is 8.60. The van der Waals surface area contributed by atoms with Crippen molar-refractivity contribution in [3.63, 3.8) is 0 Å². The molecule has 1 unspecified atom stereocenters. The van der Waals surface area contributed by atoms with Crippen LogP contribution in [-0.4, -0.2) is 68.6 Å². The van der Waals surface area contributed by atoms with Gasteiger partial charge in [0.2, 0.25) is 5.91 Å². The molecule has 0 radical (unpaired) electrons. The third kappa shape index (κ3) is 2.43. The van der Waals surface area contributed by atoms with Crippen molar-refractivity contribution < 1.29 is 9.59 Å². The van der Waals surface area contributed by atoms with Crippen LogP contribution in [0.15, 0.2) is 0 Å². The molecule has 2 N–H and O–H groups in total. The van der Waals surface area contributed by atoms with Gasteiger partial charge in [-0.05, 0) is 19.9 Å². The number of hydrogen-bond acceptors (Lipinski definition) is 3. The summed E-state index contributed by atoms with van der Waals surface area (Å²) in [5.74, 6) is 0.160. The van der Waals surface area contributed by atoms with Crippen molar-refractivity contribution in [3.8, 4) is 0 Å². The standard InChI is InChI=1S/C12H22N4O2/c1-13-7-10(17)15-5-3-12(8-15)4-6-16(9-12)11(18)14-2/h13H,3-9H2,1-2H3,(H,14,18). The molecule has 3 amide bonds. The van der Waals surface area contributed by atoms with Gasteiger partial charge in [-0.1, -0.05) is 0 Å². The summed E-state index contributed by atoms with van der Waals surface area (Å²) in [6.45, 7) is 3.59. The molecule has 0 saturated carbocycles. The molecule has 0 aromatic heterocycles. The highest BCUT2D eigenvalue weighted by molar-refractivity contribution is 5.78. The molecule has 0 aromatic rings. The Hall–Kier alpha value is -1.30. The van der Waals surface area contributed by atoms with E-state index in [1.807, 2.05) is 9.80 Å². The van der Waals surface area contributed by atoms with Gasteiger partial charge in [0.25, 0.3) is 0 Å². The van der Waals surface area contributed by atoms with E-state index < -0.39 is 0 Å². The quantitative estimate of drug-likeness (QED) is 0.696. The average Bonchev–Trinajstić information content (AvgIpc) is 2.97. The van der Waals surface area contributed by atoms with Gasteiger partial charge in [0.15, 0.2) is 0 Å². The highest BCUT2D eigenvalue weighted by atomic mass is 16.2. The number of nitrogens with zero attached hydrogens (tertiary/aromatic N) is 2. The van der Waals surface area contributed by atoms with Crippen LogP contribution in [-0.2, 0) is 4.79 Å². The monoisotopic (exact) mass is 254 g/mol. The van der Waals surface area contributed by atoms with Crippen LogP contribution < -0.4 is 10.6 Å². The Bertz CT molecular complexity index is 347. The summed E-state index contributed by atoms with van der Waals surface area (Å²) in [5.41, 5.74) is 0.135. The minimum Gasteiger partial charge on any atom is -0.341 e. The van der Waals surface area contributed by atoms with E-state index >= 15 is 0 Å². The number of amides is 3. The summed E-state index contributed by atoms with van der Waals surface area (Å²) < 4.78 is 0. The predicted octanol–water partition coefficient (Wildman–Crippen LogP) is -0.530. The third-order valence-electron chi connectivity index (χ3n) is 4.06. The fourth-order valence-corrected chi connectivity index (χ4v) is 3.01. The number of carbonyl (C=O) groups excluding carboxylic acids is 2. The Morgan fingerprint density at radius 1 is 1.11 bits per heavy atom. The average molecular weight is 254 g/mol. The van der Waals surface area contributed by atoms with Crippen molar-refractivity contribution in [1.29, 1.82) is 0 Å². The minimum absolute atomic E-state index is 0.00752. The number of nitrogens with one attached hydrogen (secondary N) is 2. The van der Waals surface area contributed by atoms with Gasteiger partial charge in [-0.3, -0.25) is 4.79 Å². The molecule has 1 spiro atoms. The molecule has 2 rings (SSSR count). The molecule has 2 heterocycles. The molecule has 2 aliphatic heterocycles. The molecule has 18 heavy (non-hydrogen) atoms. The lowest BCUT2D eigenvalue weighted by Gasteiger charge is -2.24. The first-order valence-corrected chi connectivity index (χ1v) is 6.49. The van der Waals surface area contributed by atoms with Crippen molar-refractivity contribution in [1.82, 2.24) is 20.4 Å². The number of likely N-dealkylation sites (tertiary alicyclic amines) is 2. The van der Waals surface area contributed by atoms with Crippen LogP contribution in [0.5, 0.6) is 0 Å². The Morgan fingerprint density at radius 2 is 1.72 bits per heavy atom. The zero-order valence-corrected chi connectivity index (χ0v) is 11.2. The summed E-state index contributed by atoms with van der Waals surface area (Å²) in [6.07, 6.45) is 2.01. The summed E-state index contributed by atoms with van der Waals surface area (Å²) in [5, 5.41) is 5.56. The van der Waals surface area contributed by atoms with Gasteiger partial charge in [-0.25, -0.2) is 4.79 Å². The van der Waals surface area contributed by atoms with Crippen LogP contribution in [0.1, 0.15) is 12.8 Å². The maximum absolute atomic E-state index is 11.8. The van der Waals surface area contributed by atoms with E-state index in [-0.39, 0.29) is 17.4 Å². The van der Waals surface area contributed by atoms with Gasteiger partial charge in [-0.2, -0.15) is 0 Å². The SMILES string of the molecule is CNCC(=O)N1CCC2(CCN(C(=O)NC)C2)C1. The van der Waals surface area contributed by atoms with Gasteiger partial charge >= 0.3 is 6.03 Å². The van der Waals surface area contributed by atoms with Crippen molar-refractivity contribution in [2.24, 2.45) is 5.41 Å². The number of rotatable bonds is 2. The van der Waals surface area contributed by atoms with Crippen LogP contribution in [0.2, 0.25) is 0 Å². The van der Waals surface area contributed by atoms with Crippen LogP contribution in [0.3, 0.4) is 0 Å². The summed E-state index contributed by atoms with van der Waals surface area (Å²) in [7, 11) is 3.44.